The van der Waals surface area contributed by atoms with E-state index in [1.165, 1.54) is 0 Å². The molecule has 0 aliphatic rings. The van der Waals surface area contributed by atoms with Crippen molar-refractivity contribution in [3.8, 4) is 10.6 Å². The summed E-state index contributed by atoms with van der Waals surface area (Å²) in [6, 6.07) is 7.68. The lowest BCUT2D eigenvalue weighted by atomic mass is 10.2. The van der Waals surface area contributed by atoms with E-state index in [0.717, 1.165) is 22.0 Å². The minimum Gasteiger partial charge on any atom is -0.246 e. The summed E-state index contributed by atoms with van der Waals surface area (Å²) < 4.78 is 1.73. The zero-order valence-electron chi connectivity index (χ0n) is 10.3. The molecule has 0 saturated heterocycles. The second kappa shape index (κ2) is 5.91. The molecule has 2 heterocycles. The normalized spacial score (nSPS) is 10.9. The van der Waals surface area contributed by atoms with Crippen molar-refractivity contribution < 1.29 is 0 Å². The first-order chi connectivity index (χ1) is 9.76. The highest BCUT2D eigenvalue weighted by Crippen LogP contribution is 2.30. The first kappa shape index (κ1) is 13.5. The molecule has 0 bridgehead atoms. The van der Waals surface area contributed by atoms with Crippen LogP contribution in [0.3, 0.4) is 0 Å². The molecule has 1 aromatic carbocycles. The number of alkyl halides is 1. The Morgan fingerprint density at radius 2 is 2.05 bits per heavy atom. The Kier molecular flexibility index (Phi) is 4.00. The minimum atomic E-state index is 0.363. The van der Waals surface area contributed by atoms with E-state index >= 15 is 0 Å². The molecule has 0 unspecified atom stereocenters. The zero-order valence-corrected chi connectivity index (χ0v) is 12.7. The monoisotopic (exact) mass is 324 g/mol. The third kappa shape index (κ3) is 2.85. The van der Waals surface area contributed by atoms with Crippen LogP contribution < -0.4 is 0 Å². The number of rotatable bonds is 4. The van der Waals surface area contributed by atoms with Crippen LogP contribution in [0.25, 0.3) is 10.6 Å². The van der Waals surface area contributed by atoms with E-state index in [1.54, 1.807) is 16.0 Å². The van der Waals surface area contributed by atoms with Crippen LogP contribution in [0.5, 0.6) is 0 Å². The lowest BCUT2D eigenvalue weighted by molar-refractivity contribution is 0.641. The fourth-order valence-corrected chi connectivity index (χ4v) is 3.03. The highest BCUT2D eigenvalue weighted by Gasteiger charge is 2.09. The van der Waals surface area contributed by atoms with E-state index in [4.69, 9.17) is 23.2 Å². The minimum absolute atomic E-state index is 0.363. The molecule has 0 radical (unpaired) electrons. The van der Waals surface area contributed by atoms with Crippen LogP contribution in [0.1, 0.15) is 11.4 Å². The molecule has 3 rings (SSSR count). The zero-order chi connectivity index (χ0) is 13.9. The largest absolute Gasteiger partial charge is 0.246 e. The lowest BCUT2D eigenvalue weighted by Gasteiger charge is -1.99. The molecule has 2 aromatic heterocycles. The molecule has 7 heteroatoms. The molecular formula is C13H10Cl2N4S. The fraction of sp³-hybridized carbons (Fsp3) is 0.154. The quantitative estimate of drug-likeness (QED) is 0.685. The van der Waals surface area contributed by atoms with Gasteiger partial charge in [0.1, 0.15) is 5.01 Å². The number of nitrogens with zero attached hydrogens (tertiary/aromatic N) is 4. The molecule has 0 saturated carbocycles. The molecule has 0 atom stereocenters. The Labute approximate surface area is 130 Å². The molecule has 102 valence electrons. The van der Waals surface area contributed by atoms with Gasteiger partial charge in [-0.25, -0.2) is 9.67 Å². The van der Waals surface area contributed by atoms with E-state index in [2.05, 4.69) is 15.3 Å². The van der Waals surface area contributed by atoms with Gasteiger partial charge in [-0.05, 0) is 6.07 Å². The number of halogens is 2. The highest BCUT2D eigenvalue weighted by atomic mass is 35.5. The average Bonchev–Trinajstić information content (AvgIpc) is 3.09. The van der Waals surface area contributed by atoms with Crippen LogP contribution in [0.2, 0.25) is 5.02 Å². The van der Waals surface area contributed by atoms with Gasteiger partial charge in [0, 0.05) is 10.9 Å². The van der Waals surface area contributed by atoms with Crippen LogP contribution in [0.15, 0.2) is 35.8 Å². The molecule has 0 amide bonds. The van der Waals surface area contributed by atoms with Gasteiger partial charge in [-0.2, -0.15) is 0 Å². The van der Waals surface area contributed by atoms with Crippen LogP contribution in [-0.2, 0) is 12.4 Å². The van der Waals surface area contributed by atoms with Gasteiger partial charge < -0.3 is 0 Å². The van der Waals surface area contributed by atoms with Crippen LogP contribution in [-0.4, -0.2) is 20.0 Å². The third-order valence-corrected chi connectivity index (χ3v) is 4.23. The van der Waals surface area contributed by atoms with Gasteiger partial charge in [-0.15, -0.1) is 28.0 Å². The van der Waals surface area contributed by atoms with Crippen molar-refractivity contribution in [2.75, 3.05) is 0 Å². The second-order valence-corrected chi connectivity index (χ2v) is 5.70. The molecular weight excluding hydrogens is 315 g/mol. The molecule has 0 aliphatic carbocycles. The second-order valence-electron chi connectivity index (χ2n) is 4.16. The average molecular weight is 325 g/mol. The highest BCUT2D eigenvalue weighted by molar-refractivity contribution is 7.13. The summed E-state index contributed by atoms with van der Waals surface area (Å²) in [6.07, 6.45) is 1.82. The molecule has 20 heavy (non-hydrogen) atoms. The summed E-state index contributed by atoms with van der Waals surface area (Å²) in [6.45, 7) is 0.574. The van der Waals surface area contributed by atoms with Crippen molar-refractivity contribution in [3.05, 3.63) is 52.3 Å². The van der Waals surface area contributed by atoms with Crippen molar-refractivity contribution in [1.29, 1.82) is 0 Å². The van der Waals surface area contributed by atoms with Crippen molar-refractivity contribution >= 4 is 34.5 Å². The van der Waals surface area contributed by atoms with Crippen molar-refractivity contribution in [3.63, 3.8) is 0 Å². The fourth-order valence-electron chi connectivity index (χ4n) is 1.78. The summed E-state index contributed by atoms with van der Waals surface area (Å²) in [5, 5.41) is 11.6. The smallest absolute Gasteiger partial charge is 0.125 e. The Bertz CT molecular complexity index is 722. The summed E-state index contributed by atoms with van der Waals surface area (Å²) in [5.74, 6) is 0.363. The molecule has 3 aromatic rings. The molecule has 0 aliphatic heterocycles. The predicted molar refractivity (Wildman–Crippen MR) is 81.2 cm³/mol. The first-order valence-corrected chi connectivity index (χ1v) is 7.70. The van der Waals surface area contributed by atoms with Gasteiger partial charge in [-0.1, -0.05) is 35.0 Å². The summed E-state index contributed by atoms with van der Waals surface area (Å²) in [4.78, 5) is 4.58. The maximum absolute atomic E-state index is 6.17. The van der Waals surface area contributed by atoms with E-state index in [0.29, 0.717) is 17.4 Å². The van der Waals surface area contributed by atoms with Crippen LogP contribution in [0, 0.1) is 0 Å². The number of thiazole rings is 1. The Morgan fingerprint density at radius 3 is 2.80 bits per heavy atom. The van der Waals surface area contributed by atoms with Crippen LogP contribution >= 0.6 is 34.5 Å². The van der Waals surface area contributed by atoms with Gasteiger partial charge in [0.25, 0.3) is 0 Å². The Morgan fingerprint density at radius 1 is 1.20 bits per heavy atom. The summed E-state index contributed by atoms with van der Waals surface area (Å²) >= 11 is 13.4. The van der Waals surface area contributed by atoms with Gasteiger partial charge in [0.15, 0.2) is 0 Å². The maximum Gasteiger partial charge on any atom is 0.125 e. The first-order valence-electron chi connectivity index (χ1n) is 5.90. The number of benzene rings is 1. The number of aromatic nitrogens is 4. The Balaban J connectivity index is 1.82. The molecule has 0 N–H and O–H groups in total. The number of hydrogen-bond acceptors (Lipinski definition) is 4. The third-order valence-electron chi connectivity index (χ3n) is 2.70. The van der Waals surface area contributed by atoms with E-state index < -0.39 is 0 Å². The standard InChI is InChI=1S/C13H10Cl2N4S/c14-5-9-6-19(18-17-9)7-10-8-20-13(16-10)11-3-1-2-4-12(11)15/h1-4,6,8H,5,7H2. The van der Waals surface area contributed by atoms with Crippen molar-refractivity contribution in [1.82, 2.24) is 20.0 Å². The van der Waals surface area contributed by atoms with Gasteiger partial charge in [0.05, 0.1) is 35.0 Å². The summed E-state index contributed by atoms with van der Waals surface area (Å²) in [7, 11) is 0. The molecule has 0 spiro atoms. The van der Waals surface area contributed by atoms with Gasteiger partial charge in [0.2, 0.25) is 0 Å². The lowest BCUT2D eigenvalue weighted by Crippen LogP contribution is -2.00. The summed E-state index contributed by atoms with van der Waals surface area (Å²) in [5.41, 5.74) is 2.63. The topological polar surface area (TPSA) is 43.6 Å². The van der Waals surface area contributed by atoms with Crippen molar-refractivity contribution in [2.24, 2.45) is 0 Å². The van der Waals surface area contributed by atoms with Gasteiger partial charge in [-0.3, -0.25) is 0 Å². The van der Waals surface area contributed by atoms with Gasteiger partial charge >= 0.3 is 0 Å². The van der Waals surface area contributed by atoms with E-state index in [9.17, 15) is 0 Å². The van der Waals surface area contributed by atoms with E-state index in [-0.39, 0.29) is 0 Å². The van der Waals surface area contributed by atoms with Crippen molar-refractivity contribution in [2.45, 2.75) is 12.4 Å². The SMILES string of the molecule is ClCc1cn(Cc2csc(-c3ccccc3Cl)n2)nn1. The number of hydrogen-bond donors (Lipinski definition) is 0. The van der Waals surface area contributed by atoms with E-state index in [1.807, 2.05) is 35.8 Å². The Hall–Kier alpha value is -1.43. The molecule has 4 nitrogen and oxygen atoms in total. The molecule has 0 fully saturated rings. The predicted octanol–water partition coefficient (Wildman–Crippen LogP) is 3.84. The maximum atomic E-state index is 6.17. The van der Waals surface area contributed by atoms with Crippen LogP contribution in [0.4, 0.5) is 0 Å².